The molecule has 0 saturated heterocycles. The van der Waals surface area contributed by atoms with E-state index in [1.807, 2.05) is 0 Å². The second-order valence-electron chi connectivity index (χ2n) is 1.85. The summed E-state index contributed by atoms with van der Waals surface area (Å²) < 4.78 is 0. The first-order valence-electron chi connectivity index (χ1n) is 2.67. The maximum atomic E-state index is 10.1. The van der Waals surface area contributed by atoms with Crippen molar-refractivity contribution in [3.63, 3.8) is 0 Å². The number of aliphatic hydroxyl groups excluding tert-OH is 1. The largest absolute Gasteiger partial charge is 0.480 e. The zero-order valence-electron chi connectivity index (χ0n) is 5.46. The predicted octanol–water partition coefficient (Wildman–Crippen LogP) is -0.960. The maximum absolute atomic E-state index is 10.1. The molecule has 0 aromatic carbocycles. The van der Waals surface area contributed by atoms with Crippen LogP contribution < -0.4 is 5.32 Å². The number of hydrogen-bond acceptors (Lipinski definition) is 3. The number of carbonyl (C=O) groups is 1. The lowest BCUT2D eigenvalue weighted by atomic mass is 10.2. The van der Waals surface area contributed by atoms with Gasteiger partial charge in [-0.3, -0.25) is 4.79 Å². The Hall–Kier alpha value is -0.610. The fraction of sp³-hybridized carbons (Fsp3) is 0.800. The van der Waals surface area contributed by atoms with E-state index >= 15 is 0 Å². The zero-order chi connectivity index (χ0) is 7.44. The van der Waals surface area contributed by atoms with Crippen molar-refractivity contribution in [3.05, 3.63) is 0 Å². The van der Waals surface area contributed by atoms with Gasteiger partial charge in [-0.2, -0.15) is 0 Å². The molecule has 2 atom stereocenters. The second-order valence-corrected chi connectivity index (χ2v) is 1.85. The monoisotopic (exact) mass is 133 g/mol. The van der Waals surface area contributed by atoms with Gasteiger partial charge in [-0.25, -0.2) is 0 Å². The molecule has 4 heteroatoms. The summed E-state index contributed by atoms with van der Waals surface area (Å²) in [5.41, 5.74) is 0. The number of likely N-dealkylation sites (N-methyl/N-ethyl adjacent to an activating group) is 1. The summed E-state index contributed by atoms with van der Waals surface area (Å²) >= 11 is 0. The van der Waals surface area contributed by atoms with Crippen molar-refractivity contribution in [2.75, 3.05) is 7.05 Å². The highest BCUT2D eigenvalue weighted by atomic mass is 16.4. The van der Waals surface area contributed by atoms with Gasteiger partial charge in [0.05, 0.1) is 6.10 Å². The molecule has 0 aromatic heterocycles. The van der Waals surface area contributed by atoms with Gasteiger partial charge in [-0.05, 0) is 14.0 Å². The third kappa shape index (κ3) is 2.43. The molecule has 0 aliphatic heterocycles. The molecule has 3 N–H and O–H groups in total. The number of carboxylic acids is 1. The molecule has 9 heavy (non-hydrogen) atoms. The van der Waals surface area contributed by atoms with E-state index in [0.717, 1.165) is 0 Å². The molecule has 0 fully saturated rings. The fourth-order valence-electron chi connectivity index (χ4n) is 0.571. The normalized spacial score (nSPS) is 16.8. The van der Waals surface area contributed by atoms with Gasteiger partial charge in [-0.15, -0.1) is 0 Å². The molecule has 0 aromatic rings. The molecule has 0 heterocycles. The van der Waals surface area contributed by atoms with E-state index in [0.29, 0.717) is 0 Å². The molecule has 54 valence electrons. The van der Waals surface area contributed by atoms with Crippen LogP contribution in [0.4, 0.5) is 0 Å². The highest BCUT2D eigenvalue weighted by Crippen LogP contribution is 1.89. The van der Waals surface area contributed by atoms with Crippen molar-refractivity contribution in [2.24, 2.45) is 0 Å². The summed E-state index contributed by atoms with van der Waals surface area (Å²) in [5, 5.41) is 19.5. The van der Waals surface area contributed by atoms with Crippen LogP contribution in [0, 0.1) is 0 Å². The van der Waals surface area contributed by atoms with Crippen molar-refractivity contribution in [3.8, 4) is 0 Å². The quantitative estimate of drug-likeness (QED) is 0.463. The second kappa shape index (κ2) is 3.42. The summed E-state index contributed by atoms with van der Waals surface area (Å²) in [6.45, 7) is 1.43. The number of aliphatic hydroxyl groups is 1. The van der Waals surface area contributed by atoms with E-state index in [9.17, 15) is 4.79 Å². The van der Waals surface area contributed by atoms with Gasteiger partial charge in [0.15, 0.2) is 0 Å². The summed E-state index contributed by atoms with van der Waals surface area (Å²) in [5.74, 6) is -1.03. The number of nitrogens with one attached hydrogen (secondary N) is 1. The van der Waals surface area contributed by atoms with Crippen LogP contribution in [-0.2, 0) is 4.79 Å². The minimum absolute atomic E-state index is 0.854. The van der Waals surface area contributed by atoms with Crippen LogP contribution in [0.3, 0.4) is 0 Å². The van der Waals surface area contributed by atoms with Crippen LogP contribution in [-0.4, -0.2) is 35.4 Å². The first-order chi connectivity index (χ1) is 4.09. The van der Waals surface area contributed by atoms with Gasteiger partial charge in [0.1, 0.15) is 6.04 Å². The molecule has 0 aliphatic rings. The Bertz CT molecular complexity index is 102. The third-order valence-corrected chi connectivity index (χ3v) is 1.06. The Kier molecular flexibility index (Phi) is 3.19. The van der Waals surface area contributed by atoms with E-state index in [2.05, 4.69) is 5.32 Å². The van der Waals surface area contributed by atoms with Gasteiger partial charge in [0, 0.05) is 0 Å². The summed E-state index contributed by atoms with van der Waals surface area (Å²) in [4.78, 5) is 10.1. The van der Waals surface area contributed by atoms with Crippen LogP contribution in [0.2, 0.25) is 0 Å². The molecule has 0 unspecified atom stereocenters. The topological polar surface area (TPSA) is 69.6 Å². The molecule has 0 saturated carbocycles. The Labute approximate surface area is 53.5 Å². The van der Waals surface area contributed by atoms with Crippen molar-refractivity contribution >= 4 is 5.97 Å². The van der Waals surface area contributed by atoms with Crippen LogP contribution in [0.1, 0.15) is 6.92 Å². The molecule has 4 nitrogen and oxygen atoms in total. The van der Waals surface area contributed by atoms with Crippen molar-refractivity contribution in [1.82, 2.24) is 5.32 Å². The lowest BCUT2D eigenvalue weighted by Gasteiger charge is -2.12. The van der Waals surface area contributed by atoms with Gasteiger partial charge in [0.2, 0.25) is 0 Å². The number of carboxylic acid groups (broad SMARTS) is 1. The van der Waals surface area contributed by atoms with Crippen molar-refractivity contribution in [2.45, 2.75) is 19.1 Å². The van der Waals surface area contributed by atoms with E-state index in [1.54, 1.807) is 0 Å². The van der Waals surface area contributed by atoms with Gasteiger partial charge in [0.25, 0.3) is 0 Å². The predicted molar refractivity (Wildman–Crippen MR) is 32.2 cm³/mol. The molecule has 0 radical (unpaired) electrons. The van der Waals surface area contributed by atoms with E-state index in [-0.39, 0.29) is 0 Å². The molecule has 0 rings (SSSR count). The Balaban J connectivity index is 3.83. The fourth-order valence-corrected chi connectivity index (χ4v) is 0.571. The van der Waals surface area contributed by atoms with Crippen LogP contribution in [0.25, 0.3) is 0 Å². The van der Waals surface area contributed by atoms with E-state index in [1.165, 1.54) is 14.0 Å². The summed E-state index contributed by atoms with van der Waals surface area (Å²) in [6.07, 6.45) is -0.854. The minimum Gasteiger partial charge on any atom is -0.480 e. The smallest absolute Gasteiger partial charge is 0.323 e. The van der Waals surface area contributed by atoms with Crippen LogP contribution in [0.15, 0.2) is 0 Å². The highest BCUT2D eigenvalue weighted by Gasteiger charge is 2.19. The van der Waals surface area contributed by atoms with Gasteiger partial charge >= 0.3 is 5.97 Å². The summed E-state index contributed by atoms with van der Waals surface area (Å²) in [6, 6.07) is -0.856. The Morgan fingerprint density at radius 1 is 1.67 bits per heavy atom. The maximum Gasteiger partial charge on any atom is 0.323 e. The molecule has 0 spiro atoms. The first-order valence-corrected chi connectivity index (χ1v) is 2.67. The first kappa shape index (κ1) is 8.39. The van der Waals surface area contributed by atoms with Crippen LogP contribution in [0.5, 0.6) is 0 Å². The highest BCUT2D eigenvalue weighted by molar-refractivity contribution is 5.74. The molecule has 0 bridgehead atoms. The zero-order valence-corrected chi connectivity index (χ0v) is 5.46. The standard InChI is InChI=1S/C5H11NO3/c1-3(7)4(6-2)5(8)9/h3-4,6-7H,1-2H3,(H,8,9)/t3-,4+/m0/s1. The summed E-state index contributed by atoms with van der Waals surface area (Å²) in [7, 11) is 1.49. The number of hydrogen-bond donors (Lipinski definition) is 3. The van der Waals surface area contributed by atoms with Gasteiger partial charge in [-0.1, -0.05) is 0 Å². The average Bonchev–Trinajstić information content (AvgIpc) is 1.64. The van der Waals surface area contributed by atoms with Crippen molar-refractivity contribution < 1.29 is 15.0 Å². The molecule has 0 amide bonds. The molecular formula is C5H11NO3. The van der Waals surface area contributed by atoms with Crippen molar-refractivity contribution in [1.29, 1.82) is 0 Å². The number of rotatable bonds is 3. The lowest BCUT2D eigenvalue weighted by molar-refractivity contribution is -0.141. The minimum atomic E-state index is -1.03. The molecule has 0 aliphatic carbocycles. The van der Waals surface area contributed by atoms with Gasteiger partial charge < -0.3 is 15.5 Å². The lowest BCUT2D eigenvalue weighted by Crippen LogP contribution is -2.42. The van der Waals surface area contributed by atoms with E-state index < -0.39 is 18.1 Å². The SMILES string of the molecule is CN[C@@H](C(=O)O)[C@H](C)O. The molecular weight excluding hydrogens is 122 g/mol. The number of aliphatic carboxylic acids is 1. The van der Waals surface area contributed by atoms with Crippen LogP contribution >= 0.6 is 0 Å². The Morgan fingerprint density at radius 2 is 2.11 bits per heavy atom. The third-order valence-electron chi connectivity index (χ3n) is 1.06. The average molecular weight is 133 g/mol. The Morgan fingerprint density at radius 3 is 2.11 bits per heavy atom. The van der Waals surface area contributed by atoms with E-state index in [4.69, 9.17) is 10.2 Å².